The molecular formula is C14H15NO4. The molecule has 1 amide bonds. The molecule has 1 aliphatic heterocycles. The van der Waals surface area contributed by atoms with E-state index in [4.69, 9.17) is 9.47 Å². The maximum atomic E-state index is 12.0. The van der Waals surface area contributed by atoms with Gasteiger partial charge < -0.3 is 9.47 Å². The standard InChI is InChI=1S/C14H15NO4/c1-3-12-13(16)19-10(2)15(12)14(17)18-9-11-7-5-4-6-8-11/h3-8,10,12H,1,9H2,2H3/t10?,12-/m0/s1. The molecular weight excluding hydrogens is 246 g/mol. The van der Waals surface area contributed by atoms with E-state index in [-0.39, 0.29) is 6.61 Å². The van der Waals surface area contributed by atoms with Crippen LogP contribution in [0.5, 0.6) is 0 Å². The highest BCUT2D eigenvalue weighted by Gasteiger charge is 2.42. The second-order valence-electron chi connectivity index (χ2n) is 4.16. The van der Waals surface area contributed by atoms with Crippen molar-refractivity contribution >= 4 is 12.1 Å². The molecule has 2 rings (SSSR count). The molecule has 0 saturated carbocycles. The second kappa shape index (κ2) is 5.56. The predicted octanol–water partition coefficient (Wildman–Crippen LogP) is 2.08. The SMILES string of the molecule is C=C[C@H]1C(=O)OC(C)N1C(=O)OCc1ccccc1. The van der Waals surface area contributed by atoms with Crippen LogP contribution in [0.2, 0.25) is 0 Å². The number of nitrogens with zero attached hydrogens (tertiary/aromatic N) is 1. The van der Waals surface area contributed by atoms with Gasteiger partial charge in [0.2, 0.25) is 0 Å². The molecule has 0 N–H and O–H groups in total. The zero-order chi connectivity index (χ0) is 13.8. The number of benzene rings is 1. The van der Waals surface area contributed by atoms with Crippen LogP contribution in [0.25, 0.3) is 0 Å². The molecule has 1 saturated heterocycles. The van der Waals surface area contributed by atoms with Crippen molar-refractivity contribution in [3.05, 3.63) is 48.6 Å². The van der Waals surface area contributed by atoms with E-state index in [0.717, 1.165) is 5.56 Å². The largest absolute Gasteiger partial charge is 0.444 e. The molecule has 1 aromatic carbocycles. The van der Waals surface area contributed by atoms with Gasteiger partial charge >= 0.3 is 12.1 Å². The predicted molar refractivity (Wildman–Crippen MR) is 68.0 cm³/mol. The minimum atomic E-state index is -0.779. The summed E-state index contributed by atoms with van der Waals surface area (Å²) < 4.78 is 10.1. The van der Waals surface area contributed by atoms with Gasteiger partial charge in [-0.1, -0.05) is 36.4 Å². The van der Waals surface area contributed by atoms with Gasteiger partial charge in [-0.25, -0.2) is 9.59 Å². The quantitative estimate of drug-likeness (QED) is 0.617. The van der Waals surface area contributed by atoms with E-state index in [2.05, 4.69) is 6.58 Å². The molecule has 19 heavy (non-hydrogen) atoms. The van der Waals surface area contributed by atoms with Crippen molar-refractivity contribution in [2.24, 2.45) is 0 Å². The normalized spacial score (nSPS) is 21.9. The van der Waals surface area contributed by atoms with Crippen LogP contribution in [-0.4, -0.2) is 29.2 Å². The molecule has 5 nitrogen and oxygen atoms in total. The van der Waals surface area contributed by atoms with E-state index >= 15 is 0 Å². The summed E-state index contributed by atoms with van der Waals surface area (Å²) >= 11 is 0. The lowest BCUT2D eigenvalue weighted by molar-refractivity contribution is -0.141. The van der Waals surface area contributed by atoms with Crippen LogP contribution in [0.15, 0.2) is 43.0 Å². The van der Waals surface area contributed by atoms with Crippen molar-refractivity contribution in [1.82, 2.24) is 4.90 Å². The summed E-state index contributed by atoms with van der Waals surface area (Å²) in [5.41, 5.74) is 0.880. The number of amides is 1. The smallest absolute Gasteiger partial charge is 0.414 e. The number of carbonyl (C=O) groups excluding carboxylic acids is 2. The number of cyclic esters (lactones) is 1. The third kappa shape index (κ3) is 2.76. The van der Waals surface area contributed by atoms with Gasteiger partial charge in [0, 0.05) is 0 Å². The molecule has 1 heterocycles. The number of esters is 1. The number of hydrogen-bond acceptors (Lipinski definition) is 4. The zero-order valence-electron chi connectivity index (χ0n) is 10.6. The highest BCUT2D eigenvalue weighted by molar-refractivity contribution is 5.86. The third-order valence-electron chi connectivity index (χ3n) is 2.86. The Morgan fingerprint density at radius 2 is 2.16 bits per heavy atom. The van der Waals surface area contributed by atoms with Gasteiger partial charge in [-0.15, -0.1) is 6.58 Å². The van der Waals surface area contributed by atoms with Gasteiger partial charge in [0.1, 0.15) is 6.61 Å². The monoisotopic (exact) mass is 261 g/mol. The number of carbonyl (C=O) groups is 2. The Balaban J connectivity index is 1.99. The average Bonchev–Trinajstić information content (AvgIpc) is 2.71. The Bertz CT molecular complexity index is 485. The summed E-state index contributed by atoms with van der Waals surface area (Å²) in [5.74, 6) is -0.487. The van der Waals surface area contributed by atoms with Crippen molar-refractivity contribution < 1.29 is 19.1 Å². The Hall–Kier alpha value is -2.30. The van der Waals surface area contributed by atoms with Crippen LogP contribution in [0.1, 0.15) is 12.5 Å². The molecule has 1 unspecified atom stereocenters. The number of ether oxygens (including phenoxy) is 2. The fourth-order valence-electron chi connectivity index (χ4n) is 1.90. The lowest BCUT2D eigenvalue weighted by atomic mass is 10.2. The van der Waals surface area contributed by atoms with Crippen LogP contribution in [0.4, 0.5) is 4.79 Å². The molecule has 0 aromatic heterocycles. The Morgan fingerprint density at radius 3 is 2.79 bits per heavy atom. The first-order chi connectivity index (χ1) is 9.13. The first-order valence-corrected chi connectivity index (χ1v) is 5.95. The summed E-state index contributed by atoms with van der Waals surface area (Å²) in [4.78, 5) is 24.7. The van der Waals surface area contributed by atoms with Gasteiger partial charge in [0.05, 0.1) is 0 Å². The topological polar surface area (TPSA) is 55.8 Å². The average molecular weight is 261 g/mol. The van der Waals surface area contributed by atoms with Crippen LogP contribution >= 0.6 is 0 Å². The summed E-state index contributed by atoms with van der Waals surface area (Å²) in [7, 11) is 0. The summed E-state index contributed by atoms with van der Waals surface area (Å²) in [5, 5.41) is 0. The molecule has 100 valence electrons. The van der Waals surface area contributed by atoms with Gasteiger partial charge in [0.25, 0.3) is 0 Å². The summed E-state index contributed by atoms with van der Waals surface area (Å²) in [6, 6.07) is 8.54. The van der Waals surface area contributed by atoms with E-state index in [9.17, 15) is 9.59 Å². The maximum absolute atomic E-state index is 12.0. The lowest BCUT2D eigenvalue weighted by Gasteiger charge is -2.21. The highest BCUT2D eigenvalue weighted by atomic mass is 16.6. The minimum absolute atomic E-state index is 0.154. The van der Waals surface area contributed by atoms with E-state index in [1.54, 1.807) is 6.92 Å². The molecule has 1 fully saturated rings. The van der Waals surface area contributed by atoms with Gasteiger partial charge in [-0.2, -0.15) is 0 Å². The van der Waals surface area contributed by atoms with Crippen molar-refractivity contribution in [1.29, 1.82) is 0 Å². The van der Waals surface area contributed by atoms with Gasteiger partial charge in [0.15, 0.2) is 12.3 Å². The molecule has 0 aliphatic carbocycles. The van der Waals surface area contributed by atoms with Gasteiger partial charge in [-0.05, 0) is 12.5 Å². The highest BCUT2D eigenvalue weighted by Crippen LogP contribution is 2.20. The maximum Gasteiger partial charge on any atom is 0.414 e. The van der Waals surface area contributed by atoms with E-state index < -0.39 is 24.3 Å². The fourth-order valence-corrected chi connectivity index (χ4v) is 1.90. The van der Waals surface area contributed by atoms with Crippen LogP contribution in [0, 0.1) is 0 Å². The Kier molecular flexibility index (Phi) is 3.85. The van der Waals surface area contributed by atoms with Crippen molar-refractivity contribution in [2.75, 3.05) is 0 Å². The van der Waals surface area contributed by atoms with Crippen LogP contribution in [0.3, 0.4) is 0 Å². The molecule has 1 aliphatic rings. The molecule has 0 radical (unpaired) electrons. The van der Waals surface area contributed by atoms with E-state index in [1.165, 1.54) is 11.0 Å². The second-order valence-corrected chi connectivity index (χ2v) is 4.16. The molecule has 0 spiro atoms. The minimum Gasteiger partial charge on any atom is -0.444 e. The lowest BCUT2D eigenvalue weighted by Crippen LogP contribution is -2.40. The van der Waals surface area contributed by atoms with Gasteiger partial charge in [-0.3, -0.25) is 4.90 Å². The number of rotatable bonds is 3. The first-order valence-electron chi connectivity index (χ1n) is 5.95. The molecule has 1 aromatic rings. The zero-order valence-corrected chi connectivity index (χ0v) is 10.6. The van der Waals surface area contributed by atoms with Crippen molar-refractivity contribution in [3.8, 4) is 0 Å². The first kappa shape index (κ1) is 13.1. The summed E-state index contributed by atoms with van der Waals surface area (Å²) in [6.07, 6.45) is 0.140. The molecule has 0 bridgehead atoms. The molecule has 5 heteroatoms. The number of hydrogen-bond donors (Lipinski definition) is 0. The Labute approximate surface area is 111 Å². The van der Waals surface area contributed by atoms with Crippen LogP contribution in [-0.2, 0) is 20.9 Å². The Morgan fingerprint density at radius 1 is 1.47 bits per heavy atom. The third-order valence-corrected chi connectivity index (χ3v) is 2.86. The van der Waals surface area contributed by atoms with Crippen molar-refractivity contribution in [3.63, 3.8) is 0 Å². The van der Waals surface area contributed by atoms with Crippen LogP contribution < -0.4 is 0 Å². The fraction of sp³-hybridized carbons (Fsp3) is 0.286. The summed E-state index contributed by atoms with van der Waals surface area (Å²) in [6.45, 7) is 5.30. The van der Waals surface area contributed by atoms with E-state index in [1.807, 2.05) is 30.3 Å². The molecule has 2 atom stereocenters. The van der Waals surface area contributed by atoms with E-state index in [0.29, 0.717) is 0 Å². The van der Waals surface area contributed by atoms with Crippen molar-refractivity contribution in [2.45, 2.75) is 25.8 Å².